The van der Waals surface area contributed by atoms with E-state index in [0.29, 0.717) is 19.4 Å². The number of nitrogens with one attached hydrogen (secondary N) is 2. The first kappa shape index (κ1) is 17.5. The predicted molar refractivity (Wildman–Crippen MR) is 78.8 cm³/mol. The van der Waals surface area contributed by atoms with Crippen molar-refractivity contribution in [2.75, 3.05) is 6.54 Å². The molecule has 3 amide bonds. The lowest BCUT2D eigenvalue weighted by Gasteiger charge is -2.09. The molecule has 1 aliphatic carbocycles. The molecule has 1 saturated carbocycles. The van der Waals surface area contributed by atoms with Crippen LogP contribution in [0.5, 0.6) is 0 Å². The maximum atomic E-state index is 11.5. The normalized spacial score (nSPS) is 14.9. The molecule has 0 spiro atoms. The van der Waals surface area contributed by atoms with Crippen molar-refractivity contribution >= 4 is 17.9 Å². The topological polar surface area (TPSA) is 95.5 Å². The van der Waals surface area contributed by atoms with Crippen LogP contribution in [0.4, 0.5) is 4.79 Å². The summed E-state index contributed by atoms with van der Waals surface area (Å²) in [6.07, 6.45) is 8.53. The Morgan fingerprint density at radius 2 is 1.67 bits per heavy atom. The zero-order valence-corrected chi connectivity index (χ0v) is 12.5. The summed E-state index contributed by atoms with van der Waals surface area (Å²) in [7, 11) is 0. The molecular formula is C15H26N2O4. The van der Waals surface area contributed by atoms with Gasteiger partial charge in [-0.25, -0.2) is 4.79 Å². The van der Waals surface area contributed by atoms with E-state index in [1.54, 1.807) is 0 Å². The molecule has 1 fully saturated rings. The molecule has 1 rings (SSSR count). The summed E-state index contributed by atoms with van der Waals surface area (Å²) in [5.74, 6) is -0.408. The second-order valence-corrected chi connectivity index (χ2v) is 5.70. The Morgan fingerprint density at radius 3 is 2.33 bits per heavy atom. The van der Waals surface area contributed by atoms with Crippen LogP contribution in [0, 0.1) is 5.92 Å². The van der Waals surface area contributed by atoms with E-state index in [9.17, 15) is 14.4 Å². The van der Waals surface area contributed by atoms with E-state index in [-0.39, 0.29) is 18.7 Å². The van der Waals surface area contributed by atoms with Crippen LogP contribution < -0.4 is 10.6 Å². The molecule has 0 heterocycles. The van der Waals surface area contributed by atoms with E-state index in [4.69, 9.17) is 5.11 Å². The summed E-state index contributed by atoms with van der Waals surface area (Å²) in [6, 6.07) is -0.454. The van der Waals surface area contributed by atoms with Crippen LogP contribution in [0.25, 0.3) is 0 Å². The maximum Gasteiger partial charge on any atom is 0.321 e. The fraction of sp³-hybridized carbons (Fsp3) is 0.800. The Labute approximate surface area is 125 Å². The SMILES string of the molecule is O=C(O)CCCCC(=O)NC(=O)NCCCC1CCCC1. The first-order valence-electron chi connectivity index (χ1n) is 7.87. The maximum absolute atomic E-state index is 11.5. The molecule has 0 aliphatic heterocycles. The monoisotopic (exact) mass is 298 g/mol. The summed E-state index contributed by atoms with van der Waals surface area (Å²) in [5, 5.41) is 13.4. The summed E-state index contributed by atoms with van der Waals surface area (Å²) in [5.41, 5.74) is 0. The lowest BCUT2D eigenvalue weighted by molar-refractivity contribution is -0.137. The average molecular weight is 298 g/mol. The van der Waals surface area contributed by atoms with Crippen molar-refractivity contribution in [2.24, 2.45) is 5.92 Å². The van der Waals surface area contributed by atoms with Gasteiger partial charge >= 0.3 is 12.0 Å². The van der Waals surface area contributed by atoms with Gasteiger partial charge in [-0.2, -0.15) is 0 Å². The fourth-order valence-corrected chi connectivity index (χ4v) is 2.69. The molecule has 6 heteroatoms. The number of hydrogen-bond donors (Lipinski definition) is 3. The Bertz CT molecular complexity index is 352. The first-order valence-corrected chi connectivity index (χ1v) is 7.87. The standard InChI is InChI=1S/C15H26N2O4/c18-13(9-3-4-10-14(19)20)17-15(21)16-11-5-8-12-6-1-2-7-12/h12H,1-11H2,(H,19,20)(H2,16,17,18,21). The highest BCUT2D eigenvalue weighted by molar-refractivity contribution is 5.94. The zero-order chi connectivity index (χ0) is 15.5. The van der Waals surface area contributed by atoms with E-state index < -0.39 is 12.0 Å². The van der Waals surface area contributed by atoms with Crippen molar-refractivity contribution in [3.8, 4) is 0 Å². The molecule has 0 radical (unpaired) electrons. The van der Waals surface area contributed by atoms with Gasteiger partial charge in [0.2, 0.25) is 5.91 Å². The Hall–Kier alpha value is -1.59. The Morgan fingerprint density at radius 1 is 1.00 bits per heavy atom. The summed E-state index contributed by atoms with van der Waals surface area (Å²) in [6.45, 7) is 0.592. The van der Waals surface area contributed by atoms with E-state index in [2.05, 4.69) is 10.6 Å². The minimum Gasteiger partial charge on any atom is -0.481 e. The quantitative estimate of drug-likeness (QED) is 0.570. The lowest BCUT2D eigenvalue weighted by atomic mass is 10.0. The van der Waals surface area contributed by atoms with E-state index in [0.717, 1.165) is 18.8 Å². The average Bonchev–Trinajstić information content (AvgIpc) is 2.93. The molecule has 0 atom stereocenters. The molecular weight excluding hydrogens is 272 g/mol. The molecule has 0 aromatic heterocycles. The number of aliphatic carboxylic acids is 1. The Balaban J connectivity index is 1.96. The van der Waals surface area contributed by atoms with Gasteiger partial charge < -0.3 is 10.4 Å². The van der Waals surface area contributed by atoms with Crippen molar-refractivity contribution in [2.45, 2.75) is 64.2 Å². The summed E-state index contributed by atoms with van der Waals surface area (Å²) in [4.78, 5) is 33.2. The minimum atomic E-state index is -0.865. The van der Waals surface area contributed by atoms with Gasteiger partial charge in [-0.3, -0.25) is 14.9 Å². The molecule has 6 nitrogen and oxygen atoms in total. The van der Waals surface area contributed by atoms with Crippen LogP contribution in [0.2, 0.25) is 0 Å². The highest BCUT2D eigenvalue weighted by Crippen LogP contribution is 2.28. The second kappa shape index (κ2) is 10.2. The van der Waals surface area contributed by atoms with E-state index in [1.165, 1.54) is 25.7 Å². The van der Waals surface area contributed by atoms with Crippen molar-refractivity contribution in [1.29, 1.82) is 0 Å². The highest BCUT2D eigenvalue weighted by atomic mass is 16.4. The smallest absolute Gasteiger partial charge is 0.321 e. The van der Waals surface area contributed by atoms with Gasteiger partial charge in [0.05, 0.1) is 0 Å². The number of carboxylic acid groups (broad SMARTS) is 1. The van der Waals surface area contributed by atoms with Crippen LogP contribution >= 0.6 is 0 Å². The number of carbonyl (C=O) groups is 3. The van der Waals surface area contributed by atoms with Gasteiger partial charge in [0.15, 0.2) is 0 Å². The second-order valence-electron chi connectivity index (χ2n) is 5.70. The highest BCUT2D eigenvalue weighted by Gasteiger charge is 2.14. The number of urea groups is 1. The van der Waals surface area contributed by atoms with Crippen LogP contribution in [0.15, 0.2) is 0 Å². The van der Waals surface area contributed by atoms with Gasteiger partial charge in [-0.05, 0) is 31.6 Å². The molecule has 0 aromatic rings. The van der Waals surface area contributed by atoms with Gasteiger partial charge in [0.25, 0.3) is 0 Å². The van der Waals surface area contributed by atoms with Gasteiger partial charge in [-0.15, -0.1) is 0 Å². The molecule has 0 bridgehead atoms. The van der Waals surface area contributed by atoms with E-state index >= 15 is 0 Å². The fourth-order valence-electron chi connectivity index (χ4n) is 2.69. The van der Waals surface area contributed by atoms with Crippen molar-refractivity contribution < 1.29 is 19.5 Å². The number of unbranched alkanes of at least 4 members (excludes halogenated alkanes) is 1. The molecule has 0 unspecified atom stereocenters. The van der Waals surface area contributed by atoms with E-state index in [1.807, 2.05) is 0 Å². The van der Waals surface area contributed by atoms with Crippen LogP contribution in [-0.4, -0.2) is 29.6 Å². The summed E-state index contributed by atoms with van der Waals surface area (Å²) < 4.78 is 0. The molecule has 120 valence electrons. The van der Waals surface area contributed by atoms with Gasteiger partial charge in [0, 0.05) is 19.4 Å². The summed E-state index contributed by atoms with van der Waals surface area (Å²) >= 11 is 0. The molecule has 1 aliphatic rings. The lowest BCUT2D eigenvalue weighted by Crippen LogP contribution is -2.39. The third-order valence-electron chi connectivity index (χ3n) is 3.85. The number of carbonyl (C=O) groups excluding carboxylic acids is 2. The first-order chi connectivity index (χ1) is 10.1. The number of carboxylic acids is 1. The molecule has 0 saturated heterocycles. The van der Waals surface area contributed by atoms with Crippen LogP contribution in [0.1, 0.15) is 64.2 Å². The zero-order valence-electron chi connectivity index (χ0n) is 12.5. The minimum absolute atomic E-state index is 0.0562. The van der Waals surface area contributed by atoms with Crippen LogP contribution in [0.3, 0.4) is 0 Å². The van der Waals surface area contributed by atoms with Gasteiger partial charge in [-0.1, -0.05) is 25.7 Å². The Kier molecular flexibility index (Phi) is 8.47. The molecule has 0 aromatic carbocycles. The third-order valence-corrected chi connectivity index (χ3v) is 3.85. The van der Waals surface area contributed by atoms with Crippen molar-refractivity contribution in [1.82, 2.24) is 10.6 Å². The number of hydrogen-bond acceptors (Lipinski definition) is 3. The number of rotatable bonds is 9. The number of imide groups is 1. The molecule has 21 heavy (non-hydrogen) atoms. The molecule has 3 N–H and O–H groups in total. The largest absolute Gasteiger partial charge is 0.481 e. The predicted octanol–water partition coefficient (Wildman–Crippen LogP) is 2.43. The van der Waals surface area contributed by atoms with Gasteiger partial charge in [0.1, 0.15) is 0 Å². The van der Waals surface area contributed by atoms with Crippen molar-refractivity contribution in [3.63, 3.8) is 0 Å². The third kappa shape index (κ3) is 9.05. The van der Waals surface area contributed by atoms with Crippen molar-refractivity contribution in [3.05, 3.63) is 0 Å². The number of amides is 3. The van der Waals surface area contributed by atoms with Crippen LogP contribution in [-0.2, 0) is 9.59 Å².